The van der Waals surface area contributed by atoms with E-state index in [0.717, 1.165) is 5.56 Å². The summed E-state index contributed by atoms with van der Waals surface area (Å²) < 4.78 is 38.2. The van der Waals surface area contributed by atoms with E-state index in [4.69, 9.17) is 5.73 Å². The second-order valence-corrected chi connectivity index (χ2v) is 6.02. The van der Waals surface area contributed by atoms with Crippen molar-refractivity contribution in [2.75, 3.05) is 0 Å². The number of benzene rings is 1. The van der Waals surface area contributed by atoms with E-state index in [1.165, 1.54) is 0 Å². The highest BCUT2D eigenvalue weighted by molar-refractivity contribution is 5.87. The second kappa shape index (κ2) is 6.05. The van der Waals surface area contributed by atoms with Crippen molar-refractivity contribution in [2.24, 2.45) is 5.73 Å². The molecule has 1 unspecified atom stereocenters. The molecule has 0 radical (unpaired) electrons. The van der Waals surface area contributed by atoms with Crippen LogP contribution < -0.4 is 11.1 Å². The summed E-state index contributed by atoms with van der Waals surface area (Å²) in [6, 6.07) is 9.53. The molecule has 1 aromatic rings. The first kappa shape index (κ1) is 17.5. The molecular weight excluding hydrogens is 281 g/mol. The van der Waals surface area contributed by atoms with Crippen LogP contribution in [0.4, 0.5) is 13.2 Å². The van der Waals surface area contributed by atoms with E-state index >= 15 is 0 Å². The number of nitrogens with two attached hydrogens (primary N) is 1. The maximum absolute atomic E-state index is 12.7. The molecule has 0 bridgehead atoms. The van der Waals surface area contributed by atoms with Crippen molar-refractivity contribution in [1.29, 1.82) is 0 Å². The standard InChI is InChI=1S/C15H21F3N2O/c1-13(2,10-9-11-7-5-4-6-8-11)20-12(21)14(3,19)15(16,17)18/h4-8H,9-10,19H2,1-3H3,(H,20,21). The molecule has 1 rings (SSSR count). The number of aryl methyl sites for hydroxylation is 1. The Morgan fingerprint density at radius 3 is 2.14 bits per heavy atom. The zero-order valence-corrected chi connectivity index (χ0v) is 12.4. The van der Waals surface area contributed by atoms with Crippen LogP contribution in [-0.2, 0) is 11.2 Å². The molecule has 1 aromatic carbocycles. The van der Waals surface area contributed by atoms with Gasteiger partial charge in [-0.05, 0) is 39.2 Å². The summed E-state index contributed by atoms with van der Waals surface area (Å²) >= 11 is 0. The first-order chi connectivity index (χ1) is 9.46. The van der Waals surface area contributed by atoms with Crippen molar-refractivity contribution in [2.45, 2.75) is 50.9 Å². The van der Waals surface area contributed by atoms with Gasteiger partial charge in [-0.3, -0.25) is 4.79 Å². The molecule has 0 aromatic heterocycles. The van der Waals surface area contributed by atoms with Crippen molar-refractivity contribution < 1.29 is 18.0 Å². The molecule has 0 saturated carbocycles. The molecule has 0 spiro atoms. The number of carbonyl (C=O) groups is 1. The SMILES string of the molecule is CC(C)(CCc1ccccc1)NC(=O)C(C)(N)C(F)(F)F. The molecule has 1 amide bonds. The van der Waals surface area contributed by atoms with Crippen LogP contribution in [-0.4, -0.2) is 23.2 Å². The van der Waals surface area contributed by atoms with Crippen LogP contribution >= 0.6 is 0 Å². The Kier molecular flexibility index (Phi) is 5.04. The number of carbonyl (C=O) groups excluding carboxylic acids is 1. The van der Waals surface area contributed by atoms with Crippen LogP contribution in [0.5, 0.6) is 0 Å². The van der Waals surface area contributed by atoms with Crippen LogP contribution in [0.2, 0.25) is 0 Å². The van der Waals surface area contributed by atoms with Crippen molar-refractivity contribution >= 4 is 5.91 Å². The van der Waals surface area contributed by atoms with Gasteiger partial charge in [-0.25, -0.2) is 0 Å². The number of amides is 1. The Hall–Kier alpha value is -1.56. The highest BCUT2D eigenvalue weighted by atomic mass is 19.4. The summed E-state index contributed by atoms with van der Waals surface area (Å²) in [7, 11) is 0. The lowest BCUT2D eigenvalue weighted by Crippen LogP contribution is -2.64. The fourth-order valence-electron chi connectivity index (χ4n) is 1.73. The zero-order valence-electron chi connectivity index (χ0n) is 12.4. The number of alkyl halides is 3. The van der Waals surface area contributed by atoms with Crippen LogP contribution in [0.25, 0.3) is 0 Å². The molecular formula is C15H21F3N2O. The molecule has 0 heterocycles. The smallest absolute Gasteiger partial charge is 0.349 e. The molecule has 1 atom stereocenters. The Labute approximate surface area is 122 Å². The molecule has 3 nitrogen and oxygen atoms in total. The normalized spacial score (nSPS) is 15.4. The monoisotopic (exact) mass is 302 g/mol. The van der Waals surface area contributed by atoms with Gasteiger partial charge in [-0.2, -0.15) is 13.2 Å². The van der Waals surface area contributed by atoms with Crippen molar-refractivity contribution in [1.82, 2.24) is 5.32 Å². The molecule has 0 aliphatic rings. The number of rotatable bonds is 5. The minimum Gasteiger partial charge on any atom is -0.349 e. The third kappa shape index (κ3) is 4.74. The summed E-state index contributed by atoms with van der Waals surface area (Å²) in [6.45, 7) is 4.04. The lowest BCUT2D eigenvalue weighted by Gasteiger charge is -2.33. The zero-order chi connectivity index (χ0) is 16.3. The molecule has 21 heavy (non-hydrogen) atoms. The molecule has 0 saturated heterocycles. The third-order valence-corrected chi connectivity index (χ3v) is 3.39. The van der Waals surface area contributed by atoms with Gasteiger partial charge in [0.2, 0.25) is 5.91 Å². The maximum atomic E-state index is 12.7. The molecule has 0 aliphatic carbocycles. The van der Waals surface area contributed by atoms with Gasteiger partial charge in [-0.15, -0.1) is 0 Å². The van der Waals surface area contributed by atoms with Gasteiger partial charge in [0.05, 0.1) is 0 Å². The second-order valence-electron chi connectivity index (χ2n) is 6.02. The number of halogens is 3. The van der Waals surface area contributed by atoms with Crippen LogP contribution in [0, 0.1) is 0 Å². The van der Waals surface area contributed by atoms with Crippen molar-refractivity contribution in [3.8, 4) is 0 Å². The van der Waals surface area contributed by atoms with Crippen molar-refractivity contribution in [3.63, 3.8) is 0 Å². The molecule has 6 heteroatoms. The van der Waals surface area contributed by atoms with E-state index in [2.05, 4.69) is 5.32 Å². The largest absolute Gasteiger partial charge is 0.415 e. The summed E-state index contributed by atoms with van der Waals surface area (Å²) in [6.07, 6.45) is -3.62. The average molecular weight is 302 g/mol. The average Bonchev–Trinajstić information content (AvgIpc) is 2.36. The summed E-state index contributed by atoms with van der Waals surface area (Å²) in [5.41, 5.74) is 2.51. The van der Waals surface area contributed by atoms with Gasteiger partial charge in [0.25, 0.3) is 0 Å². The van der Waals surface area contributed by atoms with Gasteiger partial charge in [0.15, 0.2) is 5.54 Å². The summed E-state index contributed by atoms with van der Waals surface area (Å²) in [4.78, 5) is 11.8. The van der Waals surface area contributed by atoms with Crippen molar-refractivity contribution in [3.05, 3.63) is 35.9 Å². The third-order valence-electron chi connectivity index (χ3n) is 3.39. The van der Waals surface area contributed by atoms with Gasteiger partial charge in [-0.1, -0.05) is 30.3 Å². The quantitative estimate of drug-likeness (QED) is 0.879. The minimum absolute atomic E-state index is 0.511. The first-order valence-electron chi connectivity index (χ1n) is 6.68. The van der Waals surface area contributed by atoms with E-state index in [1.54, 1.807) is 13.8 Å². The molecule has 118 valence electrons. The fourth-order valence-corrected chi connectivity index (χ4v) is 1.73. The van der Waals surface area contributed by atoms with E-state index in [-0.39, 0.29) is 0 Å². The molecule has 3 N–H and O–H groups in total. The maximum Gasteiger partial charge on any atom is 0.415 e. The topological polar surface area (TPSA) is 55.1 Å². The number of hydrogen-bond acceptors (Lipinski definition) is 2. The van der Waals surface area contributed by atoms with Crippen LogP contribution in [0.3, 0.4) is 0 Å². The van der Waals surface area contributed by atoms with Gasteiger partial charge >= 0.3 is 6.18 Å². The van der Waals surface area contributed by atoms with Gasteiger partial charge in [0, 0.05) is 5.54 Å². The number of hydrogen-bond donors (Lipinski definition) is 2. The summed E-state index contributed by atoms with van der Waals surface area (Å²) in [5.74, 6) is -1.21. The minimum atomic E-state index is -4.79. The van der Waals surface area contributed by atoms with E-state index < -0.39 is 23.2 Å². The predicted octanol–water partition coefficient (Wildman–Crippen LogP) is 2.79. The molecule has 0 aliphatic heterocycles. The lowest BCUT2D eigenvalue weighted by atomic mass is 9.93. The Balaban J connectivity index is 2.66. The van der Waals surface area contributed by atoms with E-state index in [0.29, 0.717) is 19.8 Å². The van der Waals surface area contributed by atoms with Crippen LogP contribution in [0.15, 0.2) is 30.3 Å². The summed E-state index contributed by atoms with van der Waals surface area (Å²) in [5, 5.41) is 2.39. The lowest BCUT2D eigenvalue weighted by molar-refractivity contribution is -0.188. The Morgan fingerprint density at radius 1 is 1.14 bits per heavy atom. The Morgan fingerprint density at radius 2 is 1.67 bits per heavy atom. The first-order valence-corrected chi connectivity index (χ1v) is 6.68. The van der Waals surface area contributed by atoms with Gasteiger partial charge < -0.3 is 11.1 Å². The van der Waals surface area contributed by atoms with E-state index in [9.17, 15) is 18.0 Å². The number of nitrogens with one attached hydrogen (secondary N) is 1. The van der Waals surface area contributed by atoms with Gasteiger partial charge in [0.1, 0.15) is 0 Å². The predicted molar refractivity (Wildman–Crippen MR) is 75.6 cm³/mol. The fraction of sp³-hybridized carbons (Fsp3) is 0.533. The highest BCUT2D eigenvalue weighted by Gasteiger charge is 2.54. The van der Waals surface area contributed by atoms with E-state index in [1.807, 2.05) is 30.3 Å². The Bertz CT molecular complexity index is 481. The molecule has 0 fully saturated rings. The van der Waals surface area contributed by atoms with Crippen LogP contribution in [0.1, 0.15) is 32.8 Å². The highest BCUT2D eigenvalue weighted by Crippen LogP contribution is 2.28.